The Morgan fingerprint density at radius 1 is 1.41 bits per heavy atom. The van der Waals surface area contributed by atoms with Crippen LogP contribution in [0.15, 0.2) is 0 Å². The lowest BCUT2D eigenvalue weighted by molar-refractivity contribution is -0.207. The van der Waals surface area contributed by atoms with Crippen molar-refractivity contribution in [2.75, 3.05) is 19.7 Å². The molecule has 1 heterocycles. The quantitative estimate of drug-likeness (QED) is 0.836. The SMILES string of the molecule is CCO[C@@H]1C[C@H](O)C12CCN(C(=O)N[C@@H](C)C1CCC1)CC2. The highest BCUT2D eigenvalue weighted by molar-refractivity contribution is 5.74. The van der Waals surface area contributed by atoms with E-state index in [0.29, 0.717) is 12.5 Å². The lowest BCUT2D eigenvalue weighted by Gasteiger charge is -2.56. The van der Waals surface area contributed by atoms with Crippen LogP contribution in [0.1, 0.15) is 52.4 Å². The summed E-state index contributed by atoms with van der Waals surface area (Å²) in [5, 5.41) is 13.4. The molecule has 5 heteroatoms. The van der Waals surface area contributed by atoms with Crippen LogP contribution in [0.3, 0.4) is 0 Å². The van der Waals surface area contributed by atoms with Gasteiger partial charge >= 0.3 is 6.03 Å². The Labute approximate surface area is 133 Å². The van der Waals surface area contributed by atoms with E-state index in [-0.39, 0.29) is 29.7 Å². The molecule has 3 fully saturated rings. The lowest BCUT2D eigenvalue weighted by Crippen LogP contribution is -2.63. The maximum Gasteiger partial charge on any atom is 0.317 e. The average molecular weight is 310 g/mol. The Bertz CT molecular complexity index is 401. The molecule has 3 rings (SSSR count). The van der Waals surface area contributed by atoms with Crippen molar-refractivity contribution < 1.29 is 14.6 Å². The number of carbonyl (C=O) groups is 1. The highest BCUT2D eigenvalue weighted by atomic mass is 16.5. The van der Waals surface area contributed by atoms with Crippen molar-refractivity contribution in [2.45, 2.75) is 70.6 Å². The van der Waals surface area contributed by atoms with Crippen LogP contribution < -0.4 is 5.32 Å². The van der Waals surface area contributed by atoms with E-state index in [1.54, 1.807) is 0 Å². The molecule has 1 spiro atoms. The highest BCUT2D eigenvalue weighted by Gasteiger charge is 2.56. The Kier molecular flexibility index (Phi) is 4.64. The fourth-order valence-electron chi connectivity index (χ4n) is 4.29. The summed E-state index contributed by atoms with van der Waals surface area (Å²) in [6, 6.07) is 0.346. The van der Waals surface area contributed by atoms with Gasteiger partial charge in [0.25, 0.3) is 0 Å². The molecule has 0 aromatic heterocycles. The van der Waals surface area contributed by atoms with Gasteiger partial charge in [-0.3, -0.25) is 0 Å². The highest BCUT2D eigenvalue weighted by Crippen LogP contribution is 2.50. The molecule has 22 heavy (non-hydrogen) atoms. The number of likely N-dealkylation sites (tertiary alicyclic amines) is 1. The smallest absolute Gasteiger partial charge is 0.317 e. The van der Waals surface area contributed by atoms with E-state index in [4.69, 9.17) is 4.74 Å². The molecule has 126 valence electrons. The van der Waals surface area contributed by atoms with Crippen molar-refractivity contribution in [3.8, 4) is 0 Å². The summed E-state index contributed by atoms with van der Waals surface area (Å²) in [6.45, 7) is 6.27. The number of rotatable bonds is 4. The third kappa shape index (κ3) is 2.73. The van der Waals surface area contributed by atoms with Crippen molar-refractivity contribution in [1.82, 2.24) is 10.2 Å². The topological polar surface area (TPSA) is 61.8 Å². The summed E-state index contributed by atoms with van der Waals surface area (Å²) in [7, 11) is 0. The molecule has 2 saturated carbocycles. The number of hydrogen-bond acceptors (Lipinski definition) is 3. The molecule has 2 aliphatic carbocycles. The zero-order valence-electron chi connectivity index (χ0n) is 13.9. The van der Waals surface area contributed by atoms with Gasteiger partial charge in [0, 0.05) is 37.6 Å². The number of aliphatic hydroxyl groups is 1. The molecule has 0 aromatic rings. The Morgan fingerprint density at radius 3 is 2.59 bits per heavy atom. The molecule has 2 amide bonds. The summed E-state index contributed by atoms with van der Waals surface area (Å²) in [5.74, 6) is 0.663. The largest absolute Gasteiger partial charge is 0.392 e. The van der Waals surface area contributed by atoms with Crippen LogP contribution >= 0.6 is 0 Å². The molecule has 0 unspecified atom stereocenters. The maximum absolute atomic E-state index is 12.4. The first-order chi connectivity index (χ1) is 10.6. The average Bonchev–Trinajstić information content (AvgIpc) is 2.45. The van der Waals surface area contributed by atoms with Gasteiger partial charge in [-0.25, -0.2) is 4.79 Å². The third-order valence-electron chi connectivity index (χ3n) is 6.30. The van der Waals surface area contributed by atoms with E-state index >= 15 is 0 Å². The minimum atomic E-state index is -0.261. The molecule has 2 N–H and O–H groups in total. The van der Waals surface area contributed by atoms with E-state index in [1.807, 2.05) is 11.8 Å². The van der Waals surface area contributed by atoms with E-state index in [9.17, 15) is 9.90 Å². The van der Waals surface area contributed by atoms with E-state index < -0.39 is 0 Å². The summed E-state index contributed by atoms with van der Waals surface area (Å²) >= 11 is 0. The summed E-state index contributed by atoms with van der Waals surface area (Å²) in [5.41, 5.74) is -0.105. The predicted molar refractivity (Wildman–Crippen MR) is 84.6 cm³/mol. The third-order valence-corrected chi connectivity index (χ3v) is 6.30. The molecule has 1 saturated heterocycles. The molecule has 0 radical (unpaired) electrons. The standard InChI is InChI=1S/C17H30N2O3/c1-3-22-15-11-14(20)17(15)7-9-19(10-8-17)16(21)18-12(2)13-5-4-6-13/h12-15,20H,3-11H2,1-2H3,(H,18,21)/t12-,14-,15+/m0/s1. The van der Waals surface area contributed by atoms with Crippen molar-refractivity contribution in [3.63, 3.8) is 0 Å². The first-order valence-corrected chi connectivity index (χ1v) is 8.92. The van der Waals surface area contributed by atoms with Crippen molar-refractivity contribution >= 4 is 6.03 Å². The second kappa shape index (κ2) is 6.36. The summed E-state index contributed by atoms with van der Waals surface area (Å²) in [6.07, 6.45) is 6.15. The first-order valence-electron chi connectivity index (χ1n) is 8.92. The van der Waals surface area contributed by atoms with Crippen molar-refractivity contribution in [1.29, 1.82) is 0 Å². The molecular weight excluding hydrogens is 280 g/mol. The van der Waals surface area contributed by atoms with Crippen LogP contribution in [0, 0.1) is 11.3 Å². The fourth-order valence-corrected chi connectivity index (χ4v) is 4.29. The van der Waals surface area contributed by atoms with Crippen LogP contribution in [0.2, 0.25) is 0 Å². The number of amides is 2. The second-order valence-corrected chi connectivity index (χ2v) is 7.34. The molecule has 5 nitrogen and oxygen atoms in total. The van der Waals surface area contributed by atoms with Gasteiger partial charge in [0.2, 0.25) is 0 Å². The second-order valence-electron chi connectivity index (χ2n) is 7.34. The van der Waals surface area contributed by atoms with Crippen LogP contribution in [-0.2, 0) is 4.74 Å². The number of hydrogen-bond donors (Lipinski definition) is 2. The lowest BCUT2D eigenvalue weighted by atomic mass is 9.58. The van der Waals surface area contributed by atoms with Crippen LogP contribution in [0.4, 0.5) is 4.79 Å². The van der Waals surface area contributed by atoms with Crippen molar-refractivity contribution in [3.05, 3.63) is 0 Å². The minimum absolute atomic E-state index is 0.0658. The van der Waals surface area contributed by atoms with Gasteiger partial charge < -0.3 is 20.1 Å². The van der Waals surface area contributed by atoms with Gasteiger partial charge in [0.05, 0.1) is 12.2 Å². The van der Waals surface area contributed by atoms with E-state index in [2.05, 4.69) is 12.2 Å². The molecular formula is C17H30N2O3. The Hall–Kier alpha value is -0.810. The van der Waals surface area contributed by atoms with Gasteiger partial charge in [0.15, 0.2) is 0 Å². The van der Waals surface area contributed by atoms with Gasteiger partial charge in [-0.15, -0.1) is 0 Å². The molecule has 0 aromatic carbocycles. The van der Waals surface area contributed by atoms with Gasteiger partial charge in [-0.05, 0) is 45.4 Å². The van der Waals surface area contributed by atoms with Crippen molar-refractivity contribution in [2.24, 2.45) is 11.3 Å². The fraction of sp³-hybridized carbons (Fsp3) is 0.941. The number of carbonyl (C=O) groups excluding carboxylic acids is 1. The Balaban J connectivity index is 1.49. The molecule has 0 bridgehead atoms. The minimum Gasteiger partial charge on any atom is -0.392 e. The maximum atomic E-state index is 12.4. The van der Waals surface area contributed by atoms with Gasteiger partial charge in [0.1, 0.15) is 0 Å². The molecule has 1 aliphatic heterocycles. The van der Waals surface area contributed by atoms with Crippen LogP contribution in [-0.4, -0.2) is 54.0 Å². The zero-order valence-corrected chi connectivity index (χ0v) is 13.9. The van der Waals surface area contributed by atoms with E-state index in [1.165, 1.54) is 19.3 Å². The van der Waals surface area contributed by atoms with E-state index in [0.717, 1.165) is 32.4 Å². The Morgan fingerprint density at radius 2 is 2.09 bits per heavy atom. The number of nitrogens with one attached hydrogen (secondary N) is 1. The summed E-state index contributed by atoms with van der Waals surface area (Å²) < 4.78 is 5.78. The number of aliphatic hydroxyl groups excluding tert-OH is 1. The molecule has 3 aliphatic rings. The first kappa shape index (κ1) is 16.1. The van der Waals surface area contributed by atoms with Gasteiger partial charge in [-0.1, -0.05) is 6.42 Å². The van der Waals surface area contributed by atoms with Crippen LogP contribution in [0.5, 0.6) is 0 Å². The van der Waals surface area contributed by atoms with Crippen LogP contribution in [0.25, 0.3) is 0 Å². The normalized spacial score (nSPS) is 32.2. The van der Waals surface area contributed by atoms with Gasteiger partial charge in [-0.2, -0.15) is 0 Å². The predicted octanol–water partition coefficient (Wildman–Crippen LogP) is 2.14. The monoisotopic (exact) mass is 310 g/mol. The molecule has 3 atom stereocenters. The number of urea groups is 1. The number of nitrogens with zero attached hydrogens (tertiary/aromatic N) is 1. The number of piperidine rings is 1. The zero-order chi connectivity index (χ0) is 15.7. The summed E-state index contributed by atoms with van der Waals surface area (Å²) in [4.78, 5) is 14.3. The number of ether oxygens (including phenoxy) is 1.